The second-order valence-electron chi connectivity index (χ2n) is 5.91. The monoisotopic (exact) mass is 350 g/mol. The minimum atomic E-state index is -3.37. The van der Waals surface area contributed by atoms with E-state index in [0.29, 0.717) is 10.9 Å². The zero-order chi connectivity index (χ0) is 16.4. The molecule has 0 radical (unpaired) electrons. The van der Waals surface area contributed by atoms with Gasteiger partial charge in [0.2, 0.25) is 10.0 Å². The fourth-order valence-corrected chi connectivity index (χ4v) is 4.83. The standard InChI is InChI=1S/C17H22N2O2S2/c1-12(13-6-8-14(9-7-13)23(20,21)18-2)19-16-4-3-5-17-15(16)10-11-22-17/h6-12,16,18-19H,3-5H2,1-2H3. The third-order valence-electron chi connectivity index (χ3n) is 4.46. The van der Waals surface area contributed by atoms with Crippen molar-refractivity contribution in [3.63, 3.8) is 0 Å². The Bertz CT molecular complexity index is 766. The molecule has 2 N–H and O–H groups in total. The van der Waals surface area contributed by atoms with Crippen LogP contribution in [0.4, 0.5) is 0 Å². The average Bonchev–Trinajstić information content (AvgIpc) is 3.04. The molecule has 124 valence electrons. The van der Waals surface area contributed by atoms with Gasteiger partial charge in [-0.3, -0.25) is 0 Å². The Morgan fingerprint density at radius 2 is 1.96 bits per heavy atom. The van der Waals surface area contributed by atoms with E-state index in [4.69, 9.17) is 0 Å². The second-order valence-corrected chi connectivity index (χ2v) is 8.80. The fourth-order valence-electron chi connectivity index (χ4n) is 3.11. The Morgan fingerprint density at radius 3 is 2.65 bits per heavy atom. The van der Waals surface area contributed by atoms with Crippen molar-refractivity contribution >= 4 is 21.4 Å². The van der Waals surface area contributed by atoms with Gasteiger partial charge in [-0.25, -0.2) is 13.1 Å². The number of nitrogens with one attached hydrogen (secondary N) is 2. The van der Waals surface area contributed by atoms with Crippen LogP contribution in [0.1, 0.15) is 47.9 Å². The van der Waals surface area contributed by atoms with Gasteiger partial charge in [0.1, 0.15) is 0 Å². The quantitative estimate of drug-likeness (QED) is 0.869. The summed E-state index contributed by atoms with van der Waals surface area (Å²) < 4.78 is 25.9. The molecule has 0 saturated heterocycles. The van der Waals surface area contributed by atoms with Gasteiger partial charge >= 0.3 is 0 Å². The summed E-state index contributed by atoms with van der Waals surface area (Å²) in [6, 6.07) is 9.90. The lowest BCUT2D eigenvalue weighted by molar-refractivity contribution is 0.418. The zero-order valence-electron chi connectivity index (χ0n) is 13.4. The maximum atomic E-state index is 11.8. The number of hydrogen-bond acceptors (Lipinski definition) is 4. The molecule has 0 spiro atoms. The summed E-state index contributed by atoms with van der Waals surface area (Å²) >= 11 is 1.85. The van der Waals surface area contributed by atoms with E-state index < -0.39 is 10.0 Å². The van der Waals surface area contributed by atoms with Crippen molar-refractivity contribution in [1.29, 1.82) is 0 Å². The van der Waals surface area contributed by atoms with E-state index in [1.807, 2.05) is 23.5 Å². The van der Waals surface area contributed by atoms with E-state index in [1.54, 1.807) is 12.1 Å². The first kappa shape index (κ1) is 16.6. The highest BCUT2D eigenvalue weighted by molar-refractivity contribution is 7.89. The van der Waals surface area contributed by atoms with E-state index in [1.165, 1.54) is 30.3 Å². The van der Waals surface area contributed by atoms with Crippen LogP contribution in [-0.2, 0) is 16.4 Å². The Hall–Kier alpha value is -1.21. The van der Waals surface area contributed by atoms with Crippen molar-refractivity contribution in [3.05, 3.63) is 51.7 Å². The molecule has 6 heteroatoms. The van der Waals surface area contributed by atoms with E-state index >= 15 is 0 Å². The van der Waals surface area contributed by atoms with E-state index in [2.05, 4.69) is 28.4 Å². The molecule has 0 bridgehead atoms. The predicted molar refractivity (Wildman–Crippen MR) is 94.2 cm³/mol. The normalized spacial score (nSPS) is 19.3. The molecule has 1 aromatic heterocycles. The first-order valence-corrected chi connectivity index (χ1v) is 10.2. The van der Waals surface area contributed by atoms with Crippen molar-refractivity contribution in [2.45, 2.75) is 43.2 Å². The first-order valence-electron chi connectivity index (χ1n) is 7.87. The van der Waals surface area contributed by atoms with Crippen LogP contribution < -0.4 is 10.0 Å². The van der Waals surface area contributed by atoms with Crippen molar-refractivity contribution in [3.8, 4) is 0 Å². The number of benzene rings is 1. The lowest BCUT2D eigenvalue weighted by atomic mass is 9.93. The Kier molecular flexibility index (Phi) is 4.87. The van der Waals surface area contributed by atoms with Crippen LogP contribution in [0.25, 0.3) is 0 Å². The molecular weight excluding hydrogens is 328 g/mol. The summed E-state index contributed by atoms with van der Waals surface area (Å²) in [5.74, 6) is 0. The zero-order valence-corrected chi connectivity index (χ0v) is 15.0. The first-order chi connectivity index (χ1) is 11.0. The molecule has 1 aliphatic rings. The summed E-state index contributed by atoms with van der Waals surface area (Å²) in [7, 11) is -1.94. The largest absolute Gasteiger partial charge is 0.303 e. The van der Waals surface area contributed by atoms with Gasteiger partial charge < -0.3 is 5.32 Å². The Labute approximate surface area is 142 Å². The van der Waals surface area contributed by atoms with E-state index in [0.717, 1.165) is 12.0 Å². The summed E-state index contributed by atoms with van der Waals surface area (Å²) in [5, 5.41) is 5.86. The molecule has 23 heavy (non-hydrogen) atoms. The molecule has 0 aliphatic heterocycles. The molecule has 3 rings (SSSR count). The second kappa shape index (κ2) is 6.73. The molecule has 0 amide bonds. The van der Waals surface area contributed by atoms with E-state index in [9.17, 15) is 8.42 Å². The van der Waals surface area contributed by atoms with Gasteiger partial charge in [-0.2, -0.15) is 0 Å². The van der Waals surface area contributed by atoms with Crippen LogP contribution in [0, 0.1) is 0 Å². The third kappa shape index (κ3) is 3.50. The molecule has 1 heterocycles. The Balaban J connectivity index is 1.74. The van der Waals surface area contributed by atoms with Gasteiger partial charge in [-0.05, 0) is 67.9 Å². The highest BCUT2D eigenvalue weighted by Crippen LogP contribution is 2.34. The highest BCUT2D eigenvalue weighted by Gasteiger charge is 2.23. The van der Waals surface area contributed by atoms with Crippen LogP contribution in [0.2, 0.25) is 0 Å². The molecule has 0 fully saturated rings. The summed E-state index contributed by atoms with van der Waals surface area (Å²) in [6.45, 7) is 2.13. The molecule has 2 atom stereocenters. The summed E-state index contributed by atoms with van der Waals surface area (Å²) in [5.41, 5.74) is 2.53. The third-order valence-corrected chi connectivity index (χ3v) is 6.89. The SMILES string of the molecule is CNS(=O)(=O)c1ccc(C(C)NC2CCCc3sccc32)cc1. The highest BCUT2D eigenvalue weighted by atomic mass is 32.2. The number of fused-ring (bicyclic) bond motifs is 1. The van der Waals surface area contributed by atoms with Crippen molar-refractivity contribution < 1.29 is 8.42 Å². The number of aryl methyl sites for hydroxylation is 1. The number of sulfonamides is 1. The maximum absolute atomic E-state index is 11.8. The van der Waals surface area contributed by atoms with Crippen LogP contribution in [0.3, 0.4) is 0 Å². The van der Waals surface area contributed by atoms with Crippen LogP contribution in [-0.4, -0.2) is 15.5 Å². The topological polar surface area (TPSA) is 58.2 Å². The molecule has 2 unspecified atom stereocenters. The van der Waals surface area contributed by atoms with Crippen molar-refractivity contribution in [1.82, 2.24) is 10.0 Å². The lowest BCUT2D eigenvalue weighted by Gasteiger charge is -2.27. The molecule has 1 aliphatic carbocycles. The van der Waals surface area contributed by atoms with Crippen LogP contribution in [0.5, 0.6) is 0 Å². The van der Waals surface area contributed by atoms with Gasteiger partial charge in [0.25, 0.3) is 0 Å². The molecular formula is C17H22N2O2S2. The van der Waals surface area contributed by atoms with E-state index in [-0.39, 0.29) is 6.04 Å². The number of rotatable bonds is 5. The average molecular weight is 351 g/mol. The van der Waals surface area contributed by atoms with Crippen LogP contribution >= 0.6 is 11.3 Å². The Morgan fingerprint density at radius 1 is 1.22 bits per heavy atom. The minimum Gasteiger partial charge on any atom is -0.303 e. The molecule has 0 saturated carbocycles. The predicted octanol–water partition coefficient (Wildman–Crippen LogP) is 3.38. The minimum absolute atomic E-state index is 0.178. The van der Waals surface area contributed by atoms with Gasteiger partial charge in [0.05, 0.1) is 4.90 Å². The summed E-state index contributed by atoms with van der Waals surface area (Å²) in [4.78, 5) is 1.80. The van der Waals surface area contributed by atoms with Gasteiger partial charge in [0.15, 0.2) is 0 Å². The lowest BCUT2D eigenvalue weighted by Crippen LogP contribution is -2.27. The van der Waals surface area contributed by atoms with Gasteiger partial charge in [-0.1, -0.05) is 12.1 Å². The van der Waals surface area contributed by atoms with Gasteiger partial charge in [0, 0.05) is 17.0 Å². The molecule has 1 aromatic carbocycles. The smallest absolute Gasteiger partial charge is 0.240 e. The van der Waals surface area contributed by atoms with Gasteiger partial charge in [-0.15, -0.1) is 11.3 Å². The van der Waals surface area contributed by atoms with Crippen molar-refractivity contribution in [2.75, 3.05) is 7.05 Å². The fraction of sp³-hybridized carbons (Fsp3) is 0.412. The maximum Gasteiger partial charge on any atom is 0.240 e. The number of thiophene rings is 1. The summed E-state index contributed by atoms with van der Waals surface area (Å²) in [6.07, 6.45) is 3.56. The van der Waals surface area contributed by atoms with Crippen molar-refractivity contribution in [2.24, 2.45) is 0 Å². The molecule has 4 nitrogen and oxygen atoms in total. The molecule has 2 aromatic rings. The van der Waals surface area contributed by atoms with Crippen LogP contribution in [0.15, 0.2) is 40.6 Å². The number of hydrogen-bond donors (Lipinski definition) is 2.